The first-order valence-electron chi connectivity index (χ1n) is 9.94. The summed E-state index contributed by atoms with van der Waals surface area (Å²) in [6.07, 6.45) is 8.21. The minimum absolute atomic E-state index is 0.00771. The van der Waals surface area contributed by atoms with Crippen LogP contribution in [0.2, 0.25) is 0 Å². The van der Waals surface area contributed by atoms with E-state index in [-0.39, 0.29) is 11.9 Å². The molecule has 3 aromatic rings. The van der Waals surface area contributed by atoms with E-state index in [4.69, 9.17) is 0 Å². The van der Waals surface area contributed by atoms with Crippen molar-refractivity contribution in [3.63, 3.8) is 0 Å². The summed E-state index contributed by atoms with van der Waals surface area (Å²) in [5, 5.41) is 7.02. The molecule has 156 valence electrons. The van der Waals surface area contributed by atoms with E-state index in [1.54, 1.807) is 34.8 Å². The van der Waals surface area contributed by atoms with Gasteiger partial charge in [-0.1, -0.05) is 0 Å². The molecule has 0 aliphatic carbocycles. The van der Waals surface area contributed by atoms with Crippen LogP contribution < -0.4 is 5.32 Å². The van der Waals surface area contributed by atoms with E-state index in [9.17, 15) is 4.79 Å². The minimum Gasteiger partial charge on any atom is -0.331 e. The molecule has 7 nitrogen and oxygen atoms in total. The highest BCUT2D eigenvalue weighted by molar-refractivity contribution is 7.15. The number of thiazole rings is 2. The monoisotopic (exact) mass is 440 g/mol. The zero-order valence-corrected chi connectivity index (χ0v) is 18.9. The zero-order valence-electron chi connectivity index (χ0n) is 17.3. The first kappa shape index (κ1) is 20.6. The van der Waals surface area contributed by atoms with Crippen molar-refractivity contribution in [1.29, 1.82) is 0 Å². The van der Waals surface area contributed by atoms with Gasteiger partial charge < -0.3 is 10.2 Å². The number of nitrogens with zero attached hydrogens (tertiary/aromatic N) is 5. The Hall–Kier alpha value is -2.65. The van der Waals surface area contributed by atoms with Gasteiger partial charge in [0.2, 0.25) is 5.91 Å². The number of rotatable bonds is 5. The van der Waals surface area contributed by atoms with Crippen molar-refractivity contribution < 1.29 is 4.79 Å². The zero-order chi connectivity index (χ0) is 21.1. The summed E-state index contributed by atoms with van der Waals surface area (Å²) in [7, 11) is 0. The maximum absolute atomic E-state index is 13.0. The van der Waals surface area contributed by atoms with Gasteiger partial charge in [-0.25, -0.2) is 19.9 Å². The molecule has 1 aliphatic rings. The van der Waals surface area contributed by atoms with Crippen LogP contribution in [0.15, 0.2) is 23.7 Å². The standard InChI is InChI=1S/C21H24N6OS2/c1-13-11-22-21(30-13)26-19-10-17(23-14(2)24-19)18-6-4-5-9-27(18)20(28)8-7-16-12-29-15(3)25-16/h7-8,10-12,18H,4-6,9H2,1-3H3,(H,22,23,24,26)/b8-7+. The van der Waals surface area contributed by atoms with Crippen molar-refractivity contribution in [3.05, 3.63) is 50.8 Å². The van der Waals surface area contributed by atoms with Gasteiger partial charge >= 0.3 is 0 Å². The van der Waals surface area contributed by atoms with Crippen LogP contribution >= 0.6 is 22.7 Å². The second-order valence-corrected chi connectivity index (χ2v) is 9.59. The fourth-order valence-corrected chi connectivity index (χ4v) is 4.81. The second kappa shape index (κ2) is 9.01. The Morgan fingerprint density at radius 2 is 2.10 bits per heavy atom. The lowest BCUT2D eigenvalue weighted by Gasteiger charge is -2.35. The maximum Gasteiger partial charge on any atom is 0.247 e. The van der Waals surface area contributed by atoms with Gasteiger partial charge in [0.1, 0.15) is 11.6 Å². The third-order valence-corrected chi connectivity index (χ3v) is 6.49. The molecule has 30 heavy (non-hydrogen) atoms. The summed E-state index contributed by atoms with van der Waals surface area (Å²) in [4.78, 5) is 33.9. The quantitative estimate of drug-likeness (QED) is 0.572. The van der Waals surface area contributed by atoms with Crippen molar-refractivity contribution in [2.75, 3.05) is 11.9 Å². The number of carbonyl (C=O) groups is 1. The number of hydrogen-bond donors (Lipinski definition) is 1. The Bertz CT molecular complexity index is 1070. The Labute approximate surface area is 183 Å². The third kappa shape index (κ3) is 4.91. The summed E-state index contributed by atoms with van der Waals surface area (Å²) in [5.74, 6) is 1.37. The number of piperidine rings is 1. The van der Waals surface area contributed by atoms with E-state index in [0.717, 1.165) is 52.2 Å². The Morgan fingerprint density at radius 1 is 1.23 bits per heavy atom. The lowest BCUT2D eigenvalue weighted by Crippen LogP contribution is -2.38. The highest BCUT2D eigenvalue weighted by atomic mass is 32.1. The van der Waals surface area contributed by atoms with Crippen LogP contribution in [0.25, 0.3) is 6.08 Å². The molecule has 1 fully saturated rings. The number of aryl methyl sites for hydroxylation is 3. The largest absolute Gasteiger partial charge is 0.331 e. The summed E-state index contributed by atoms with van der Waals surface area (Å²) in [6.45, 7) is 6.58. The van der Waals surface area contributed by atoms with Crippen LogP contribution in [0.1, 0.15) is 52.4 Å². The highest BCUT2D eigenvalue weighted by Crippen LogP contribution is 2.32. The van der Waals surface area contributed by atoms with Gasteiger partial charge in [-0.3, -0.25) is 4.79 Å². The Balaban J connectivity index is 1.55. The van der Waals surface area contributed by atoms with E-state index in [2.05, 4.69) is 25.3 Å². The van der Waals surface area contributed by atoms with E-state index in [0.29, 0.717) is 11.6 Å². The first-order chi connectivity index (χ1) is 14.5. The van der Waals surface area contributed by atoms with Gasteiger partial charge in [-0.15, -0.1) is 22.7 Å². The summed E-state index contributed by atoms with van der Waals surface area (Å²) < 4.78 is 0. The van der Waals surface area contributed by atoms with Gasteiger partial charge in [-0.2, -0.15) is 0 Å². The summed E-state index contributed by atoms with van der Waals surface area (Å²) in [6, 6.07) is 1.88. The molecule has 1 atom stereocenters. The van der Waals surface area contributed by atoms with Gasteiger partial charge in [0.15, 0.2) is 5.13 Å². The predicted octanol–water partition coefficient (Wildman–Crippen LogP) is 4.83. The molecule has 1 N–H and O–H groups in total. The van der Waals surface area contributed by atoms with Crippen molar-refractivity contribution in [3.8, 4) is 0 Å². The van der Waals surface area contributed by atoms with Crippen LogP contribution in [-0.4, -0.2) is 37.3 Å². The molecule has 1 aliphatic heterocycles. The van der Waals surface area contributed by atoms with Crippen LogP contribution in [-0.2, 0) is 4.79 Å². The average molecular weight is 441 g/mol. The van der Waals surface area contributed by atoms with Crippen molar-refractivity contribution in [2.45, 2.75) is 46.1 Å². The molecule has 4 heterocycles. The molecule has 1 unspecified atom stereocenters. The van der Waals surface area contributed by atoms with E-state index >= 15 is 0 Å². The van der Waals surface area contributed by atoms with Gasteiger partial charge in [0.05, 0.1) is 22.4 Å². The molecule has 0 radical (unpaired) electrons. The van der Waals surface area contributed by atoms with Gasteiger partial charge in [0.25, 0.3) is 0 Å². The molecule has 1 amide bonds. The number of amides is 1. The lowest BCUT2D eigenvalue weighted by molar-refractivity contribution is -0.129. The van der Waals surface area contributed by atoms with E-state index < -0.39 is 0 Å². The fourth-order valence-electron chi connectivity index (χ4n) is 3.56. The van der Waals surface area contributed by atoms with E-state index in [1.807, 2.05) is 43.3 Å². The molecule has 0 saturated carbocycles. The second-order valence-electron chi connectivity index (χ2n) is 7.29. The number of anilines is 2. The molecule has 9 heteroatoms. The summed E-state index contributed by atoms with van der Waals surface area (Å²) in [5.41, 5.74) is 1.69. The molecule has 0 spiro atoms. The number of hydrogen-bond acceptors (Lipinski definition) is 8. The Kier molecular flexibility index (Phi) is 6.19. The smallest absolute Gasteiger partial charge is 0.247 e. The average Bonchev–Trinajstić information content (AvgIpc) is 3.33. The molecular formula is C21H24N6OS2. The molecule has 4 rings (SSSR count). The van der Waals surface area contributed by atoms with Crippen LogP contribution in [0.4, 0.5) is 10.9 Å². The van der Waals surface area contributed by atoms with Crippen molar-refractivity contribution in [1.82, 2.24) is 24.8 Å². The van der Waals surface area contributed by atoms with Crippen LogP contribution in [0.3, 0.4) is 0 Å². The van der Waals surface area contributed by atoms with Gasteiger partial charge in [-0.05, 0) is 46.1 Å². The van der Waals surface area contributed by atoms with Crippen LogP contribution in [0.5, 0.6) is 0 Å². The lowest BCUT2D eigenvalue weighted by atomic mass is 9.98. The molecular weight excluding hydrogens is 416 g/mol. The molecule has 1 saturated heterocycles. The minimum atomic E-state index is -0.0617. The normalized spacial score (nSPS) is 16.9. The molecule has 0 bridgehead atoms. The Morgan fingerprint density at radius 3 is 2.83 bits per heavy atom. The molecule has 0 aromatic carbocycles. The first-order valence-corrected chi connectivity index (χ1v) is 11.6. The molecule has 3 aromatic heterocycles. The van der Waals surface area contributed by atoms with Crippen molar-refractivity contribution in [2.24, 2.45) is 0 Å². The number of likely N-dealkylation sites (tertiary alicyclic amines) is 1. The van der Waals surface area contributed by atoms with Crippen molar-refractivity contribution >= 4 is 45.6 Å². The SMILES string of the molecule is Cc1nc(Nc2ncc(C)s2)cc(C2CCCCN2C(=O)/C=C/c2csc(C)n2)n1. The number of nitrogens with one attached hydrogen (secondary N) is 1. The van der Waals surface area contributed by atoms with Crippen LogP contribution in [0, 0.1) is 20.8 Å². The maximum atomic E-state index is 13.0. The van der Waals surface area contributed by atoms with Gasteiger partial charge in [0, 0.05) is 35.1 Å². The predicted molar refractivity (Wildman–Crippen MR) is 121 cm³/mol. The fraction of sp³-hybridized carbons (Fsp3) is 0.381. The van der Waals surface area contributed by atoms with E-state index in [1.165, 1.54) is 0 Å². The number of aromatic nitrogens is 4. The third-order valence-electron chi connectivity index (χ3n) is 4.87. The topological polar surface area (TPSA) is 83.9 Å². The number of carbonyl (C=O) groups excluding carboxylic acids is 1. The summed E-state index contributed by atoms with van der Waals surface area (Å²) >= 11 is 3.16. The highest BCUT2D eigenvalue weighted by Gasteiger charge is 2.28.